The molecule has 0 aliphatic rings. The highest BCUT2D eigenvalue weighted by molar-refractivity contribution is 5.81. The molecule has 3 aromatic rings. The molecule has 0 aliphatic heterocycles. The van der Waals surface area contributed by atoms with Gasteiger partial charge in [0.2, 0.25) is 0 Å². The second-order valence-electron chi connectivity index (χ2n) is 5.48. The van der Waals surface area contributed by atoms with E-state index in [9.17, 15) is 0 Å². The number of fused-ring (bicyclic) bond motifs is 1. The third-order valence-corrected chi connectivity index (χ3v) is 3.56. The van der Waals surface area contributed by atoms with E-state index in [0.717, 1.165) is 33.7 Å². The van der Waals surface area contributed by atoms with Gasteiger partial charge in [-0.1, -0.05) is 38.1 Å². The number of anilines is 1. The lowest BCUT2D eigenvalue weighted by Crippen LogP contribution is -2.06. The monoisotopic (exact) mass is 278 g/mol. The number of hydrogen-bond acceptors (Lipinski definition) is 4. The Balaban J connectivity index is 2.21. The second-order valence-corrected chi connectivity index (χ2v) is 5.48. The summed E-state index contributed by atoms with van der Waals surface area (Å²) in [4.78, 5) is 13.7. The fourth-order valence-corrected chi connectivity index (χ4v) is 2.26. The standard InChI is InChI=1S/C17H18N4/c1-10(2)17-20-15(11(3)16(18)21-17)14-9-8-12-6-4-5-7-13(12)19-14/h4-10H,1-3H3,(H2,18,20,21). The molecule has 0 atom stereocenters. The Morgan fingerprint density at radius 2 is 1.71 bits per heavy atom. The lowest BCUT2D eigenvalue weighted by atomic mass is 10.1. The molecule has 0 saturated heterocycles. The molecular formula is C17H18N4. The smallest absolute Gasteiger partial charge is 0.134 e. The SMILES string of the molecule is Cc1c(N)nc(C(C)C)nc1-c1ccc2ccccc2n1. The Morgan fingerprint density at radius 3 is 2.48 bits per heavy atom. The van der Waals surface area contributed by atoms with Crippen molar-refractivity contribution in [2.45, 2.75) is 26.7 Å². The van der Waals surface area contributed by atoms with Crippen LogP contribution in [0.3, 0.4) is 0 Å². The van der Waals surface area contributed by atoms with E-state index in [0.29, 0.717) is 5.82 Å². The maximum Gasteiger partial charge on any atom is 0.134 e. The summed E-state index contributed by atoms with van der Waals surface area (Å²) < 4.78 is 0. The summed E-state index contributed by atoms with van der Waals surface area (Å²) >= 11 is 0. The van der Waals surface area contributed by atoms with E-state index in [4.69, 9.17) is 10.7 Å². The molecule has 0 saturated carbocycles. The molecule has 0 radical (unpaired) electrons. The van der Waals surface area contributed by atoms with Gasteiger partial charge in [-0.3, -0.25) is 0 Å². The molecule has 2 heterocycles. The van der Waals surface area contributed by atoms with E-state index in [1.807, 2.05) is 37.3 Å². The van der Waals surface area contributed by atoms with Gasteiger partial charge in [-0.25, -0.2) is 15.0 Å². The van der Waals surface area contributed by atoms with E-state index in [1.165, 1.54) is 0 Å². The van der Waals surface area contributed by atoms with Crippen molar-refractivity contribution in [3.05, 3.63) is 47.8 Å². The largest absolute Gasteiger partial charge is 0.383 e. The Morgan fingerprint density at radius 1 is 0.952 bits per heavy atom. The van der Waals surface area contributed by atoms with Crippen LogP contribution in [0.2, 0.25) is 0 Å². The van der Waals surface area contributed by atoms with Gasteiger partial charge in [-0.15, -0.1) is 0 Å². The zero-order chi connectivity index (χ0) is 15.0. The fraction of sp³-hybridized carbons (Fsp3) is 0.235. The first kappa shape index (κ1) is 13.5. The average molecular weight is 278 g/mol. The molecule has 3 rings (SSSR count). The van der Waals surface area contributed by atoms with Gasteiger partial charge < -0.3 is 5.73 Å². The van der Waals surface area contributed by atoms with Crippen molar-refractivity contribution in [3.63, 3.8) is 0 Å². The summed E-state index contributed by atoms with van der Waals surface area (Å²) in [7, 11) is 0. The highest BCUT2D eigenvalue weighted by Gasteiger charge is 2.14. The molecule has 4 nitrogen and oxygen atoms in total. The quantitative estimate of drug-likeness (QED) is 0.776. The lowest BCUT2D eigenvalue weighted by molar-refractivity contribution is 0.776. The van der Waals surface area contributed by atoms with Crippen LogP contribution in [-0.4, -0.2) is 15.0 Å². The number of rotatable bonds is 2. The molecule has 0 aliphatic carbocycles. The molecule has 1 aromatic carbocycles. The minimum atomic E-state index is 0.229. The molecule has 106 valence electrons. The maximum absolute atomic E-state index is 6.03. The van der Waals surface area contributed by atoms with Crippen LogP contribution in [0.25, 0.3) is 22.3 Å². The Hall–Kier alpha value is -2.49. The summed E-state index contributed by atoms with van der Waals surface area (Å²) in [5.41, 5.74) is 9.52. The lowest BCUT2D eigenvalue weighted by Gasteiger charge is -2.12. The molecule has 0 spiro atoms. The van der Waals surface area contributed by atoms with Gasteiger partial charge in [-0.2, -0.15) is 0 Å². The van der Waals surface area contributed by atoms with Gasteiger partial charge in [0.1, 0.15) is 11.6 Å². The predicted molar refractivity (Wildman–Crippen MR) is 86.0 cm³/mol. The molecule has 0 amide bonds. The van der Waals surface area contributed by atoms with Gasteiger partial charge in [0, 0.05) is 16.9 Å². The highest BCUT2D eigenvalue weighted by Crippen LogP contribution is 2.26. The Bertz CT molecular complexity index is 809. The van der Waals surface area contributed by atoms with Gasteiger partial charge >= 0.3 is 0 Å². The van der Waals surface area contributed by atoms with Crippen molar-refractivity contribution in [1.29, 1.82) is 0 Å². The van der Waals surface area contributed by atoms with Crippen LogP contribution in [-0.2, 0) is 0 Å². The zero-order valence-corrected chi connectivity index (χ0v) is 12.5. The van der Waals surface area contributed by atoms with Crippen LogP contribution >= 0.6 is 0 Å². The number of hydrogen-bond donors (Lipinski definition) is 1. The predicted octanol–water partition coefficient (Wildman–Crippen LogP) is 3.71. The van der Waals surface area contributed by atoms with Crippen LogP contribution in [0.1, 0.15) is 31.2 Å². The minimum absolute atomic E-state index is 0.229. The van der Waals surface area contributed by atoms with E-state index in [-0.39, 0.29) is 5.92 Å². The molecule has 0 bridgehead atoms. The molecule has 4 heteroatoms. The number of nitrogens with two attached hydrogens (primary N) is 1. The molecule has 2 N–H and O–H groups in total. The van der Waals surface area contributed by atoms with Crippen molar-refractivity contribution in [2.24, 2.45) is 0 Å². The topological polar surface area (TPSA) is 64.7 Å². The number of para-hydroxylation sites is 1. The first-order chi connectivity index (χ1) is 10.1. The summed E-state index contributed by atoms with van der Waals surface area (Å²) in [6.45, 7) is 6.05. The number of aromatic nitrogens is 3. The summed E-state index contributed by atoms with van der Waals surface area (Å²) in [5.74, 6) is 1.51. The van der Waals surface area contributed by atoms with E-state index in [2.05, 4.69) is 29.9 Å². The zero-order valence-electron chi connectivity index (χ0n) is 12.5. The summed E-state index contributed by atoms with van der Waals surface area (Å²) in [6.07, 6.45) is 0. The molecule has 0 fully saturated rings. The van der Waals surface area contributed by atoms with Crippen molar-refractivity contribution < 1.29 is 0 Å². The summed E-state index contributed by atoms with van der Waals surface area (Å²) in [6, 6.07) is 12.1. The average Bonchev–Trinajstić information content (AvgIpc) is 2.49. The fourth-order valence-electron chi connectivity index (χ4n) is 2.26. The van der Waals surface area contributed by atoms with Crippen molar-refractivity contribution in [2.75, 3.05) is 5.73 Å². The van der Waals surface area contributed by atoms with Crippen LogP contribution in [0.4, 0.5) is 5.82 Å². The highest BCUT2D eigenvalue weighted by atomic mass is 15.0. The molecule has 2 aromatic heterocycles. The van der Waals surface area contributed by atoms with Crippen LogP contribution < -0.4 is 5.73 Å². The first-order valence-electron chi connectivity index (χ1n) is 7.06. The molecule has 0 unspecified atom stereocenters. The van der Waals surface area contributed by atoms with Gasteiger partial charge in [0.25, 0.3) is 0 Å². The van der Waals surface area contributed by atoms with Crippen molar-refractivity contribution >= 4 is 16.7 Å². The third kappa shape index (κ3) is 2.44. The Labute approximate surface area is 124 Å². The number of nitrogens with zero attached hydrogens (tertiary/aromatic N) is 3. The Kier molecular flexibility index (Phi) is 3.29. The van der Waals surface area contributed by atoms with Crippen LogP contribution in [0, 0.1) is 6.92 Å². The van der Waals surface area contributed by atoms with Crippen molar-refractivity contribution in [3.8, 4) is 11.4 Å². The maximum atomic E-state index is 6.03. The number of pyridine rings is 1. The van der Waals surface area contributed by atoms with Crippen LogP contribution in [0.15, 0.2) is 36.4 Å². The summed E-state index contributed by atoms with van der Waals surface area (Å²) in [5, 5.41) is 1.12. The van der Waals surface area contributed by atoms with E-state index < -0.39 is 0 Å². The van der Waals surface area contributed by atoms with Gasteiger partial charge in [0.05, 0.1) is 16.9 Å². The molecule has 21 heavy (non-hydrogen) atoms. The third-order valence-electron chi connectivity index (χ3n) is 3.56. The van der Waals surface area contributed by atoms with Crippen LogP contribution in [0.5, 0.6) is 0 Å². The molecular weight excluding hydrogens is 260 g/mol. The van der Waals surface area contributed by atoms with E-state index >= 15 is 0 Å². The van der Waals surface area contributed by atoms with Gasteiger partial charge in [-0.05, 0) is 19.1 Å². The number of nitrogen functional groups attached to an aromatic ring is 1. The van der Waals surface area contributed by atoms with E-state index in [1.54, 1.807) is 0 Å². The number of benzene rings is 1. The minimum Gasteiger partial charge on any atom is -0.383 e. The second kappa shape index (κ2) is 5.13. The van der Waals surface area contributed by atoms with Crippen molar-refractivity contribution in [1.82, 2.24) is 15.0 Å². The van der Waals surface area contributed by atoms with Gasteiger partial charge in [0.15, 0.2) is 0 Å². The first-order valence-corrected chi connectivity index (χ1v) is 7.06. The normalized spacial score (nSPS) is 11.2.